The predicted octanol–water partition coefficient (Wildman–Crippen LogP) is 3.88. The number of fused-ring (bicyclic) bond motifs is 1. The third kappa shape index (κ3) is 3.47. The van der Waals surface area contributed by atoms with Gasteiger partial charge in [-0.05, 0) is 44.2 Å². The summed E-state index contributed by atoms with van der Waals surface area (Å²) < 4.78 is 5.85. The third-order valence-electron chi connectivity index (χ3n) is 4.27. The molecule has 2 aromatic rings. The number of nitrogens with zero attached hydrogens (tertiary/aromatic N) is 1. The fraction of sp³-hybridized carbons (Fsp3) is 0.238. The van der Waals surface area contributed by atoms with E-state index in [1.165, 1.54) is 0 Å². The lowest BCUT2D eigenvalue weighted by Crippen LogP contribution is -2.42. The molecule has 0 fully saturated rings. The van der Waals surface area contributed by atoms with E-state index in [0.717, 1.165) is 0 Å². The Balaban J connectivity index is 1.93. The van der Waals surface area contributed by atoms with Gasteiger partial charge in [0.25, 0.3) is 5.91 Å². The molecule has 3 rings (SSSR count). The number of rotatable bonds is 4. The van der Waals surface area contributed by atoms with E-state index in [1.807, 2.05) is 32.0 Å². The number of hydrogen-bond acceptors (Lipinski definition) is 3. The molecule has 1 N–H and O–H groups in total. The first kappa shape index (κ1) is 17.7. The zero-order valence-corrected chi connectivity index (χ0v) is 15.0. The summed E-state index contributed by atoms with van der Waals surface area (Å²) in [6, 6.07) is 14.3. The molecule has 0 saturated heterocycles. The van der Waals surface area contributed by atoms with Crippen LogP contribution >= 0.6 is 0 Å². The molecule has 0 radical (unpaired) electrons. The molecule has 5 heteroatoms. The molecule has 0 spiro atoms. The second kappa shape index (κ2) is 7.04. The molecule has 0 unspecified atom stereocenters. The first-order valence-corrected chi connectivity index (χ1v) is 8.48. The van der Waals surface area contributed by atoms with Gasteiger partial charge in [0.15, 0.2) is 0 Å². The van der Waals surface area contributed by atoms with Crippen molar-refractivity contribution >= 4 is 23.2 Å². The van der Waals surface area contributed by atoms with Crippen molar-refractivity contribution in [2.75, 3.05) is 23.4 Å². The molecule has 5 nitrogen and oxygen atoms in total. The lowest BCUT2D eigenvalue weighted by molar-refractivity contribution is -0.127. The first-order valence-electron chi connectivity index (χ1n) is 8.48. The number of amides is 2. The van der Waals surface area contributed by atoms with Crippen LogP contribution < -0.4 is 15.0 Å². The molecular formula is C21H22N2O3. The molecule has 26 heavy (non-hydrogen) atoms. The molecule has 0 bridgehead atoms. The number of carbonyl (C=O) groups is 2. The zero-order valence-electron chi connectivity index (χ0n) is 15.0. The molecule has 1 heterocycles. The minimum absolute atomic E-state index is 0.0392. The van der Waals surface area contributed by atoms with Crippen LogP contribution in [0, 0.1) is 5.41 Å². The van der Waals surface area contributed by atoms with Crippen LogP contribution in [0.5, 0.6) is 5.75 Å². The summed E-state index contributed by atoms with van der Waals surface area (Å²) in [6.45, 7) is 8.12. The van der Waals surface area contributed by atoms with Crippen molar-refractivity contribution in [3.8, 4) is 5.75 Å². The van der Waals surface area contributed by atoms with Crippen LogP contribution in [-0.2, 0) is 4.79 Å². The highest BCUT2D eigenvalue weighted by molar-refractivity contribution is 6.05. The normalized spacial score (nSPS) is 15.5. The van der Waals surface area contributed by atoms with Crippen LogP contribution in [0.15, 0.2) is 61.2 Å². The first-order chi connectivity index (χ1) is 12.4. The maximum atomic E-state index is 12.9. The lowest BCUT2D eigenvalue weighted by atomic mass is 9.93. The van der Waals surface area contributed by atoms with E-state index in [9.17, 15) is 9.59 Å². The van der Waals surface area contributed by atoms with Crippen LogP contribution in [0.3, 0.4) is 0 Å². The van der Waals surface area contributed by atoms with Crippen molar-refractivity contribution < 1.29 is 14.3 Å². The Hall–Kier alpha value is -3.08. The number of hydrogen-bond donors (Lipinski definition) is 1. The molecule has 1 aliphatic rings. The smallest absolute Gasteiger partial charge is 0.255 e. The molecule has 0 aliphatic carbocycles. The molecule has 0 aromatic heterocycles. The van der Waals surface area contributed by atoms with Gasteiger partial charge < -0.3 is 15.0 Å². The van der Waals surface area contributed by atoms with Crippen molar-refractivity contribution in [1.29, 1.82) is 0 Å². The molecule has 2 amide bonds. The predicted molar refractivity (Wildman–Crippen MR) is 103 cm³/mol. The van der Waals surface area contributed by atoms with Gasteiger partial charge in [-0.3, -0.25) is 9.59 Å². The standard InChI is InChI=1S/C21H22N2O3/c1-4-12-23-17-13-16(22-19(24)15-8-6-5-7-9-15)10-11-18(17)26-14-21(2,3)20(23)25/h4-11,13H,1,12,14H2,2-3H3,(H,22,24). The fourth-order valence-corrected chi connectivity index (χ4v) is 2.83. The van der Waals surface area contributed by atoms with Gasteiger partial charge in [-0.2, -0.15) is 0 Å². The van der Waals surface area contributed by atoms with E-state index in [2.05, 4.69) is 11.9 Å². The third-order valence-corrected chi connectivity index (χ3v) is 4.27. The molecule has 0 saturated carbocycles. The van der Waals surface area contributed by atoms with Crippen molar-refractivity contribution in [3.63, 3.8) is 0 Å². The highest BCUT2D eigenvalue weighted by Gasteiger charge is 2.37. The summed E-state index contributed by atoms with van der Waals surface area (Å²) in [6.07, 6.45) is 1.68. The topological polar surface area (TPSA) is 58.6 Å². The number of benzene rings is 2. The monoisotopic (exact) mass is 350 g/mol. The second-order valence-corrected chi connectivity index (χ2v) is 6.88. The number of anilines is 2. The lowest BCUT2D eigenvalue weighted by Gasteiger charge is -2.27. The van der Waals surface area contributed by atoms with E-state index in [4.69, 9.17) is 4.74 Å². The second-order valence-electron chi connectivity index (χ2n) is 6.88. The van der Waals surface area contributed by atoms with E-state index in [0.29, 0.717) is 35.8 Å². The van der Waals surface area contributed by atoms with Gasteiger partial charge in [0, 0.05) is 17.8 Å². The Labute approximate surface area is 153 Å². The van der Waals surface area contributed by atoms with Gasteiger partial charge in [0.1, 0.15) is 12.4 Å². The molecule has 1 aliphatic heterocycles. The SMILES string of the molecule is C=CCN1C(=O)C(C)(C)COc2ccc(NC(=O)c3ccccc3)cc21. The van der Waals surface area contributed by atoms with Gasteiger partial charge in [-0.1, -0.05) is 24.3 Å². The van der Waals surface area contributed by atoms with Crippen molar-refractivity contribution in [1.82, 2.24) is 0 Å². The summed E-state index contributed by atoms with van der Waals surface area (Å²) in [5, 5.41) is 2.87. The number of nitrogens with one attached hydrogen (secondary N) is 1. The quantitative estimate of drug-likeness (QED) is 0.852. The Bertz CT molecular complexity index is 844. The van der Waals surface area contributed by atoms with Crippen molar-refractivity contribution in [3.05, 3.63) is 66.7 Å². The van der Waals surface area contributed by atoms with Crippen LogP contribution in [0.25, 0.3) is 0 Å². The Morgan fingerprint density at radius 1 is 1.27 bits per heavy atom. The molecule has 0 atom stereocenters. The Morgan fingerprint density at radius 2 is 2.00 bits per heavy atom. The highest BCUT2D eigenvalue weighted by Crippen LogP contribution is 2.38. The minimum Gasteiger partial charge on any atom is -0.490 e. The fourth-order valence-electron chi connectivity index (χ4n) is 2.83. The number of ether oxygens (including phenoxy) is 1. The van der Waals surface area contributed by atoms with E-state index < -0.39 is 5.41 Å². The van der Waals surface area contributed by atoms with Gasteiger partial charge >= 0.3 is 0 Å². The van der Waals surface area contributed by atoms with Crippen molar-refractivity contribution in [2.45, 2.75) is 13.8 Å². The van der Waals surface area contributed by atoms with Crippen LogP contribution in [0.4, 0.5) is 11.4 Å². The van der Waals surface area contributed by atoms with Crippen LogP contribution in [0.2, 0.25) is 0 Å². The van der Waals surface area contributed by atoms with Gasteiger partial charge in [-0.15, -0.1) is 6.58 Å². The van der Waals surface area contributed by atoms with Crippen LogP contribution in [0.1, 0.15) is 24.2 Å². The maximum absolute atomic E-state index is 12.9. The summed E-state index contributed by atoms with van der Waals surface area (Å²) in [5.41, 5.74) is 1.16. The van der Waals surface area contributed by atoms with Gasteiger partial charge in [0.05, 0.1) is 11.1 Å². The summed E-state index contributed by atoms with van der Waals surface area (Å²) in [4.78, 5) is 26.9. The van der Waals surface area contributed by atoms with Gasteiger partial charge in [0.2, 0.25) is 5.91 Å². The summed E-state index contributed by atoms with van der Waals surface area (Å²) >= 11 is 0. The average Bonchev–Trinajstić information content (AvgIpc) is 2.73. The van der Waals surface area contributed by atoms with Crippen molar-refractivity contribution in [2.24, 2.45) is 5.41 Å². The van der Waals surface area contributed by atoms with E-state index in [1.54, 1.807) is 41.3 Å². The van der Waals surface area contributed by atoms with Crippen LogP contribution in [-0.4, -0.2) is 25.0 Å². The molecule has 134 valence electrons. The average molecular weight is 350 g/mol. The maximum Gasteiger partial charge on any atom is 0.255 e. The molecular weight excluding hydrogens is 328 g/mol. The zero-order chi connectivity index (χ0) is 18.7. The highest BCUT2D eigenvalue weighted by atomic mass is 16.5. The summed E-state index contributed by atoms with van der Waals surface area (Å²) in [5.74, 6) is 0.369. The Kier molecular flexibility index (Phi) is 4.80. The summed E-state index contributed by atoms with van der Waals surface area (Å²) in [7, 11) is 0. The van der Waals surface area contributed by atoms with E-state index in [-0.39, 0.29) is 11.8 Å². The Morgan fingerprint density at radius 3 is 2.69 bits per heavy atom. The number of carbonyl (C=O) groups excluding carboxylic acids is 2. The van der Waals surface area contributed by atoms with Gasteiger partial charge in [-0.25, -0.2) is 0 Å². The van der Waals surface area contributed by atoms with E-state index >= 15 is 0 Å². The largest absolute Gasteiger partial charge is 0.490 e. The molecule has 2 aromatic carbocycles. The minimum atomic E-state index is -0.643.